The smallest absolute Gasteiger partial charge is 0.103 e. The average molecular weight is 228 g/mol. The molecule has 0 fully saturated rings. The highest BCUT2D eigenvalue weighted by Crippen LogP contribution is 2.16. The number of hydrogen-bond donors (Lipinski definition) is 1. The van der Waals surface area contributed by atoms with Crippen molar-refractivity contribution >= 4 is 0 Å². The summed E-state index contributed by atoms with van der Waals surface area (Å²) in [5.41, 5.74) is 5.49. The minimum Gasteiger partial charge on any atom is -0.349 e. The molecule has 2 rings (SSSR count). The van der Waals surface area contributed by atoms with Gasteiger partial charge in [0.15, 0.2) is 0 Å². The van der Waals surface area contributed by atoms with Crippen molar-refractivity contribution in [1.82, 2.24) is 9.97 Å². The van der Waals surface area contributed by atoms with Crippen molar-refractivity contribution in [3.05, 3.63) is 52.6 Å². The Balaban J connectivity index is 1.94. The molecule has 1 N–H and O–H groups in total. The lowest BCUT2D eigenvalue weighted by Gasteiger charge is -2.08. The number of aromatic amines is 1. The van der Waals surface area contributed by atoms with Gasteiger partial charge in [0.25, 0.3) is 0 Å². The van der Waals surface area contributed by atoms with Crippen molar-refractivity contribution in [1.29, 1.82) is 0 Å². The summed E-state index contributed by atoms with van der Waals surface area (Å²) in [5.74, 6) is 1.01. The lowest BCUT2D eigenvalue weighted by molar-refractivity contribution is 0.794. The van der Waals surface area contributed by atoms with Gasteiger partial charge in [-0.15, -0.1) is 0 Å². The summed E-state index contributed by atoms with van der Waals surface area (Å²) < 4.78 is 0. The first-order valence-corrected chi connectivity index (χ1v) is 6.23. The van der Waals surface area contributed by atoms with Crippen LogP contribution in [0, 0.1) is 20.8 Å². The van der Waals surface area contributed by atoms with E-state index in [1.807, 2.05) is 13.1 Å². The molecular weight excluding hydrogens is 208 g/mol. The average Bonchev–Trinajstić information content (AvgIpc) is 2.69. The van der Waals surface area contributed by atoms with E-state index in [1.165, 1.54) is 22.4 Å². The minimum absolute atomic E-state index is 1.01. The standard InChI is InChI=1S/C15H20N2/c1-11-6-4-7-12(2)15(11)9-5-8-14-10-16-13(3)17-14/h4,6-7,10H,5,8-9H2,1-3H3,(H,16,17). The van der Waals surface area contributed by atoms with E-state index in [1.54, 1.807) is 0 Å². The number of rotatable bonds is 4. The van der Waals surface area contributed by atoms with Gasteiger partial charge in [0.2, 0.25) is 0 Å². The minimum atomic E-state index is 1.01. The van der Waals surface area contributed by atoms with Crippen LogP contribution in [0.1, 0.15) is 34.6 Å². The van der Waals surface area contributed by atoms with Gasteiger partial charge in [0, 0.05) is 6.20 Å². The van der Waals surface area contributed by atoms with Gasteiger partial charge in [0.1, 0.15) is 5.82 Å². The Morgan fingerprint density at radius 1 is 1.06 bits per heavy atom. The Hall–Kier alpha value is -1.57. The summed E-state index contributed by atoms with van der Waals surface area (Å²) in [6.07, 6.45) is 5.37. The third kappa shape index (κ3) is 2.96. The fraction of sp³-hybridized carbons (Fsp3) is 0.400. The molecule has 1 heterocycles. The third-order valence-electron chi connectivity index (χ3n) is 3.26. The Morgan fingerprint density at radius 2 is 1.76 bits per heavy atom. The van der Waals surface area contributed by atoms with Gasteiger partial charge in [0.05, 0.1) is 5.69 Å². The Labute approximate surface area is 103 Å². The second kappa shape index (κ2) is 5.17. The number of imidazole rings is 1. The van der Waals surface area contributed by atoms with Gasteiger partial charge < -0.3 is 4.98 Å². The van der Waals surface area contributed by atoms with Crippen LogP contribution in [-0.4, -0.2) is 9.97 Å². The van der Waals surface area contributed by atoms with Crippen molar-refractivity contribution in [3.8, 4) is 0 Å². The first kappa shape index (κ1) is 11.9. The van der Waals surface area contributed by atoms with Crippen LogP contribution in [0.15, 0.2) is 24.4 Å². The lowest BCUT2D eigenvalue weighted by Crippen LogP contribution is -1.96. The zero-order valence-electron chi connectivity index (χ0n) is 10.9. The summed E-state index contributed by atoms with van der Waals surface area (Å²) in [5, 5.41) is 0. The molecule has 2 nitrogen and oxygen atoms in total. The first-order valence-electron chi connectivity index (χ1n) is 6.23. The van der Waals surface area contributed by atoms with Crippen LogP contribution in [-0.2, 0) is 12.8 Å². The number of H-pyrrole nitrogens is 1. The zero-order chi connectivity index (χ0) is 12.3. The van der Waals surface area contributed by atoms with Crippen molar-refractivity contribution in [2.45, 2.75) is 40.0 Å². The van der Waals surface area contributed by atoms with E-state index in [9.17, 15) is 0 Å². The molecule has 0 atom stereocenters. The van der Waals surface area contributed by atoms with Crippen molar-refractivity contribution in [2.75, 3.05) is 0 Å². The molecule has 0 unspecified atom stereocenters. The monoisotopic (exact) mass is 228 g/mol. The predicted octanol–water partition coefficient (Wildman–Crippen LogP) is 3.51. The van der Waals surface area contributed by atoms with E-state index in [-0.39, 0.29) is 0 Å². The molecule has 90 valence electrons. The SMILES string of the molecule is Cc1nc(CCCc2c(C)cccc2C)c[nH]1. The van der Waals surface area contributed by atoms with Crippen LogP contribution < -0.4 is 0 Å². The van der Waals surface area contributed by atoms with Gasteiger partial charge in [-0.1, -0.05) is 18.2 Å². The summed E-state index contributed by atoms with van der Waals surface area (Å²) in [7, 11) is 0. The van der Waals surface area contributed by atoms with Gasteiger partial charge >= 0.3 is 0 Å². The van der Waals surface area contributed by atoms with Crippen LogP contribution >= 0.6 is 0 Å². The molecule has 2 aromatic rings. The normalized spacial score (nSPS) is 10.8. The maximum Gasteiger partial charge on any atom is 0.103 e. The molecular formula is C15H20N2. The molecule has 0 radical (unpaired) electrons. The van der Waals surface area contributed by atoms with Crippen molar-refractivity contribution in [3.63, 3.8) is 0 Å². The summed E-state index contributed by atoms with van der Waals surface area (Å²) in [6, 6.07) is 6.52. The second-order valence-electron chi connectivity index (χ2n) is 4.70. The van der Waals surface area contributed by atoms with E-state index in [2.05, 4.69) is 42.0 Å². The molecule has 2 heteroatoms. The lowest BCUT2D eigenvalue weighted by atomic mass is 9.97. The molecule has 17 heavy (non-hydrogen) atoms. The largest absolute Gasteiger partial charge is 0.349 e. The Kier molecular flexibility index (Phi) is 3.62. The van der Waals surface area contributed by atoms with E-state index < -0.39 is 0 Å². The highest BCUT2D eigenvalue weighted by Gasteiger charge is 2.03. The maximum atomic E-state index is 4.43. The van der Waals surface area contributed by atoms with E-state index in [4.69, 9.17) is 0 Å². The Bertz CT molecular complexity index is 477. The fourth-order valence-electron chi connectivity index (χ4n) is 2.29. The maximum absolute atomic E-state index is 4.43. The topological polar surface area (TPSA) is 28.7 Å². The number of hydrogen-bond acceptors (Lipinski definition) is 1. The van der Waals surface area contributed by atoms with Gasteiger partial charge in [-0.2, -0.15) is 0 Å². The third-order valence-corrected chi connectivity index (χ3v) is 3.26. The quantitative estimate of drug-likeness (QED) is 0.852. The van der Waals surface area contributed by atoms with Crippen LogP contribution in [0.5, 0.6) is 0 Å². The molecule has 0 bridgehead atoms. The number of aryl methyl sites for hydroxylation is 4. The highest BCUT2D eigenvalue weighted by molar-refractivity contribution is 5.33. The summed E-state index contributed by atoms with van der Waals surface area (Å²) in [6.45, 7) is 6.39. The summed E-state index contributed by atoms with van der Waals surface area (Å²) >= 11 is 0. The van der Waals surface area contributed by atoms with Crippen molar-refractivity contribution in [2.24, 2.45) is 0 Å². The van der Waals surface area contributed by atoms with E-state index in [0.29, 0.717) is 0 Å². The summed E-state index contributed by atoms with van der Waals surface area (Å²) in [4.78, 5) is 7.56. The van der Waals surface area contributed by atoms with Crippen LogP contribution in [0.3, 0.4) is 0 Å². The molecule has 1 aromatic heterocycles. The van der Waals surface area contributed by atoms with Crippen LogP contribution in [0.2, 0.25) is 0 Å². The Morgan fingerprint density at radius 3 is 2.35 bits per heavy atom. The van der Waals surface area contributed by atoms with Crippen LogP contribution in [0.25, 0.3) is 0 Å². The van der Waals surface area contributed by atoms with Crippen molar-refractivity contribution < 1.29 is 0 Å². The first-order chi connectivity index (χ1) is 8.16. The molecule has 0 amide bonds. The van der Waals surface area contributed by atoms with E-state index in [0.717, 1.165) is 25.1 Å². The number of nitrogens with one attached hydrogen (secondary N) is 1. The molecule has 0 saturated carbocycles. The zero-order valence-corrected chi connectivity index (χ0v) is 10.9. The molecule has 0 aliphatic carbocycles. The molecule has 1 aromatic carbocycles. The predicted molar refractivity (Wildman–Crippen MR) is 71.3 cm³/mol. The van der Waals surface area contributed by atoms with Gasteiger partial charge in [-0.25, -0.2) is 4.98 Å². The molecule has 0 saturated heterocycles. The highest BCUT2D eigenvalue weighted by atomic mass is 14.9. The van der Waals surface area contributed by atoms with Gasteiger partial charge in [-0.3, -0.25) is 0 Å². The fourth-order valence-corrected chi connectivity index (χ4v) is 2.29. The van der Waals surface area contributed by atoms with E-state index >= 15 is 0 Å². The molecule has 0 aliphatic rings. The second-order valence-corrected chi connectivity index (χ2v) is 4.70. The van der Waals surface area contributed by atoms with Gasteiger partial charge in [-0.05, 0) is 56.7 Å². The number of benzene rings is 1. The molecule has 0 spiro atoms. The van der Waals surface area contributed by atoms with Crippen LogP contribution in [0.4, 0.5) is 0 Å². The number of aromatic nitrogens is 2. The molecule has 0 aliphatic heterocycles. The number of nitrogens with zero attached hydrogens (tertiary/aromatic N) is 1.